The Balaban J connectivity index is 1.54. The maximum Gasteiger partial charge on any atom is 0.232 e. The van der Waals surface area contributed by atoms with E-state index in [0.29, 0.717) is 29.7 Å². The molecule has 1 saturated heterocycles. The van der Waals surface area contributed by atoms with Crippen LogP contribution in [0.1, 0.15) is 5.56 Å². The van der Waals surface area contributed by atoms with Crippen LogP contribution in [0.5, 0.6) is 0 Å². The quantitative estimate of drug-likeness (QED) is 0.315. The second-order valence-corrected chi connectivity index (χ2v) is 11.6. The Hall–Kier alpha value is -3.70. The molecule has 0 atom stereocenters. The zero-order chi connectivity index (χ0) is 27.3. The van der Waals surface area contributed by atoms with E-state index in [1.54, 1.807) is 20.2 Å². The number of hydrogen-bond acceptors (Lipinski definition) is 7. The van der Waals surface area contributed by atoms with E-state index in [4.69, 9.17) is 0 Å². The van der Waals surface area contributed by atoms with Crippen molar-refractivity contribution in [2.45, 2.75) is 6.92 Å². The predicted octanol–water partition coefficient (Wildman–Crippen LogP) is 2.57. The van der Waals surface area contributed by atoms with Gasteiger partial charge in [0.15, 0.2) is 0 Å². The van der Waals surface area contributed by atoms with Gasteiger partial charge in [-0.25, -0.2) is 8.42 Å². The largest absolute Gasteiger partial charge is 0.387 e. The summed E-state index contributed by atoms with van der Waals surface area (Å²) in [5.41, 5.74) is 5.47. The first-order valence-corrected chi connectivity index (χ1v) is 14.5. The Morgan fingerprint density at radius 2 is 1.79 bits per heavy atom. The van der Waals surface area contributed by atoms with Crippen LogP contribution in [0.4, 0.5) is 22.7 Å². The van der Waals surface area contributed by atoms with Gasteiger partial charge in [0.1, 0.15) is 5.82 Å². The lowest BCUT2D eigenvalue weighted by Gasteiger charge is -2.34. The van der Waals surface area contributed by atoms with E-state index < -0.39 is 10.0 Å². The van der Waals surface area contributed by atoms with Crippen molar-refractivity contribution in [1.29, 1.82) is 0 Å². The van der Waals surface area contributed by atoms with Gasteiger partial charge in [0.05, 0.1) is 17.6 Å². The molecular formula is C27H38N8O2S. The van der Waals surface area contributed by atoms with Gasteiger partial charge in [0.2, 0.25) is 16.0 Å². The Bertz CT molecular complexity index is 1340. The SMILES string of the molecule is CN=C(N/C(Nc1ccccc1N(C)S(C)(=O)=O)=C1/C=CNC1)Nc1ccc(N2CCN(C)CC2)cc1C. The van der Waals surface area contributed by atoms with E-state index in [2.05, 4.69) is 68.2 Å². The van der Waals surface area contributed by atoms with E-state index in [1.165, 1.54) is 16.2 Å². The van der Waals surface area contributed by atoms with Crippen LogP contribution < -0.4 is 30.5 Å². The molecule has 11 heteroatoms. The number of rotatable bonds is 7. The minimum atomic E-state index is -3.43. The van der Waals surface area contributed by atoms with Gasteiger partial charge in [-0.2, -0.15) is 0 Å². The number of anilines is 4. The molecule has 2 aliphatic heterocycles. The van der Waals surface area contributed by atoms with Crippen molar-refractivity contribution in [1.82, 2.24) is 15.5 Å². The van der Waals surface area contributed by atoms with E-state index in [0.717, 1.165) is 43.0 Å². The number of para-hydroxylation sites is 2. The summed E-state index contributed by atoms with van der Waals surface area (Å²) in [7, 11) is 1.99. The lowest BCUT2D eigenvalue weighted by Crippen LogP contribution is -2.44. The average molecular weight is 539 g/mol. The molecule has 10 nitrogen and oxygen atoms in total. The highest BCUT2D eigenvalue weighted by molar-refractivity contribution is 7.92. The highest BCUT2D eigenvalue weighted by atomic mass is 32.2. The van der Waals surface area contributed by atoms with Crippen molar-refractivity contribution in [2.24, 2.45) is 4.99 Å². The zero-order valence-corrected chi connectivity index (χ0v) is 23.6. The van der Waals surface area contributed by atoms with Gasteiger partial charge in [0.25, 0.3) is 0 Å². The molecule has 0 unspecified atom stereocenters. The molecule has 2 aromatic rings. The van der Waals surface area contributed by atoms with Crippen molar-refractivity contribution >= 4 is 38.7 Å². The fourth-order valence-corrected chi connectivity index (χ4v) is 4.87. The molecule has 0 amide bonds. The molecule has 0 radical (unpaired) electrons. The third-order valence-electron chi connectivity index (χ3n) is 6.81. The van der Waals surface area contributed by atoms with Crippen molar-refractivity contribution < 1.29 is 8.42 Å². The van der Waals surface area contributed by atoms with Gasteiger partial charge in [-0.1, -0.05) is 12.1 Å². The fourth-order valence-electron chi connectivity index (χ4n) is 4.36. The molecule has 4 N–H and O–H groups in total. The maximum absolute atomic E-state index is 12.2. The average Bonchev–Trinajstić information content (AvgIpc) is 3.43. The Kier molecular flexibility index (Phi) is 8.48. The first-order valence-electron chi connectivity index (χ1n) is 12.6. The Morgan fingerprint density at radius 3 is 2.42 bits per heavy atom. The van der Waals surface area contributed by atoms with Gasteiger partial charge in [-0.3, -0.25) is 9.30 Å². The number of likely N-dealkylation sites (N-methyl/N-ethyl adjacent to an activating group) is 1. The molecule has 0 aromatic heterocycles. The Morgan fingerprint density at radius 1 is 1.05 bits per heavy atom. The molecule has 38 heavy (non-hydrogen) atoms. The van der Waals surface area contributed by atoms with Crippen molar-refractivity contribution in [3.8, 4) is 0 Å². The van der Waals surface area contributed by atoms with E-state index >= 15 is 0 Å². The normalized spacial score (nSPS) is 17.7. The number of piperazine rings is 1. The van der Waals surface area contributed by atoms with Gasteiger partial charge in [-0.05, 0) is 62.1 Å². The summed E-state index contributed by atoms with van der Waals surface area (Å²) in [5.74, 6) is 1.25. The topological polar surface area (TPSA) is 104 Å². The first-order chi connectivity index (χ1) is 18.2. The van der Waals surface area contributed by atoms with Gasteiger partial charge in [-0.15, -0.1) is 0 Å². The number of benzene rings is 2. The summed E-state index contributed by atoms with van der Waals surface area (Å²) in [6.45, 7) is 6.87. The van der Waals surface area contributed by atoms with Crippen LogP contribution in [-0.4, -0.2) is 79.4 Å². The third-order valence-corrected chi connectivity index (χ3v) is 8.01. The number of aryl methyl sites for hydroxylation is 1. The van der Waals surface area contributed by atoms with E-state index in [9.17, 15) is 8.42 Å². The lowest BCUT2D eigenvalue weighted by atomic mass is 10.1. The smallest absolute Gasteiger partial charge is 0.232 e. The molecule has 0 spiro atoms. The van der Waals surface area contributed by atoms with Crippen molar-refractivity contribution in [3.05, 3.63) is 71.7 Å². The predicted molar refractivity (Wildman–Crippen MR) is 158 cm³/mol. The molecule has 0 saturated carbocycles. The minimum Gasteiger partial charge on any atom is -0.387 e. The maximum atomic E-state index is 12.2. The molecule has 0 bridgehead atoms. The van der Waals surface area contributed by atoms with Crippen LogP contribution in [-0.2, 0) is 10.0 Å². The summed E-state index contributed by atoms with van der Waals surface area (Å²) >= 11 is 0. The molecule has 0 aliphatic carbocycles. The summed E-state index contributed by atoms with van der Waals surface area (Å²) in [6, 6.07) is 13.7. The van der Waals surface area contributed by atoms with Crippen LogP contribution in [0.25, 0.3) is 0 Å². The Labute approximate surface area is 226 Å². The van der Waals surface area contributed by atoms with Crippen molar-refractivity contribution in [3.63, 3.8) is 0 Å². The molecule has 2 aromatic carbocycles. The standard InChI is InChI=1S/C27H38N8O2S/c1-20-18-22(35-16-14-33(3)15-17-35)10-11-23(20)31-27(28-2)32-26(21-12-13-29-19-21)30-24-8-6-7-9-25(24)34(4)38(5,36)37/h6-13,18,29-30H,14-17,19H2,1-5H3,(H2,28,31,32)/b26-21-. The van der Waals surface area contributed by atoms with Crippen molar-refractivity contribution in [2.75, 3.05) is 80.0 Å². The number of guanidine groups is 1. The first kappa shape index (κ1) is 27.3. The highest BCUT2D eigenvalue weighted by Crippen LogP contribution is 2.28. The molecule has 2 aliphatic rings. The monoisotopic (exact) mass is 538 g/mol. The summed E-state index contributed by atoms with van der Waals surface area (Å²) in [4.78, 5) is 9.21. The molecule has 4 rings (SSSR count). The fraction of sp³-hybridized carbons (Fsp3) is 0.370. The second kappa shape index (κ2) is 11.8. The number of hydrogen-bond donors (Lipinski definition) is 4. The summed E-state index contributed by atoms with van der Waals surface area (Å²) in [6.07, 6.45) is 5.04. The minimum absolute atomic E-state index is 0.545. The summed E-state index contributed by atoms with van der Waals surface area (Å²) in [5, 5.41) is 13.4. The number of sulfonamides is 1. The number of nitrogens with zero attached hydrogens (tertiary/aromatic N) is 4. The van der Waals surface area contributed by atoms with Crippen LogP contribution in [0.15, 0.2) is 71.1 Å². The highest BCUT2D eigenvalue weighted by Gasteiger charge is 2.19. The van der Waals surface area contributed by atoms with Crippen LogP contribution in [0.3, 0.4) is 0 Å². The van der Waals surface area contributed by atoms with Gasteiger partial charge >= 0.3 is 0 Å². The van der Waals surface area contributed by atoms with Crippen LogP contribution in [0.2, 0.25) is 0 Å². The van der Waals surface area contributed by atoms with E-state index in [1.807, 2.05) is 30.5 Å². The number of aliphatic imine (C=N–C) groups is 1. The molecule has 204 valence electrons. The molecule has 2 heterocycles. The molecule has 1 fully saturated rings. The van der Waals surface area contributed by atoms with E-state index in [-0.39, 0.29) is 0 Å². The third kappa shape index (κ3) is 6.59. The second-order valence-electron chi connectivity index (χ2n) is 9.60. The molecular weight excluding hydrogens is 500 g/mol. The lowest BCUT2D eigenvalue weighted by molar-refractivity contribution is 0.313. The van der Waals surface area contributed by atoms with Gasteiger partial charge in [0, 0.05) is 63.8 Å². The van der Waals surface area contributed by atoms with Crippen LogP contribution in [0, 0.1) is 6.92 Å². The number of nitrogens with one attached hydrogen (secondary N) is 4. The summed E-state index contributed by atoms with van der Waals surface area (Å²) < 4.78 is 25.7. The van der Waals surface area contributed by atoms with Gasteiger partial charge < -0.3 is 31.1 Å². The van der Waals surface area contributed by atoms with Crippen LogP contribution >= 0.6 is 0 Å². The zero-order valence-electron chi connectivity index (χ0n) is 22.7.